The average molecular weight is 494 g/mol. The molecule has 0 aliphatic carbocycles. The molecule has 2 aromatic rings. The molecule has 9 heteroatoms. The molecule has 0 spiro atoms. The highest BCUT2D eigenvalue weighted by atomic mass is 32.2. The molecule has 0 radical (unpaired) electrons. The number of sulfonamides is 1. The van der Waals surface area contributed by atoms with Gasteiger partial charge in [0.25, 0.3) is 0 Å². The zero-order chi connectivity index (χ0) is 24.0. The van der Waals surface area contributed by atoms with Crippen molar-refractivity contribution in [2.24, 2.45) is 0 Å². The fourth-order valence-electron chi connectivity index (χ4n) is 3.97. The first kappa shape index (κ1) is 25.3. The van der Waals surface area contributed by atoms with Crippen LogP contribution in [0.25, 0.3) is 0 Å². The number of hydrogen-bond donors (Lipinski definition) is 2. The third-order valence-corrected chi connectivity index (χ3v) is 7.96. The molecule has 0 amide bonds. The van der Waals surface area contributed by atoms with Gasteiger partial charge in [0.2, 0.25) is 10.0 Å². The highest BCUT2D eigenvalue weighted by molar-refractivity contribution is 7.99. The van der Waals surface area contributed by atoms with E-state index in [-0.39, 0.29) is 28.4 Å². The van der Waals surface area contributed by atoms with Crippen molar-refractivity contribution in [3.63, 3.8) is 0 Å². The van der Waals surface area contributed by atoms with E-state index < -0.39 is 16.0 Å². The molecule has 0 saturated carbocycles. The summed E-state index contributed by atoms with van der Waals surface area (Å²) in [5.41, 5.74) is 1.46. The fraction of sp³-hybridized carbons (Fsp3) is 0.375. The Morgan fingerprint density at radius 2 is 2.00 bits per heavy atom. The number of halogens is 1. The van der Waals surface area contributed by atoms with Gasteiger partial charge in [0.05, 0.1) is 22.1 Å². The Balaban J connectivity index is 2.17. The molecule has 0 aromatic heterocycles. The van der Waals surface area contributed by atoms with Gasteiger partial charge in [-0.25, -0.2) is 22.3 Å². The zero-order valence-electron chi connectivity index (χ0n) is 18.6. The highest BCUT2D eigenvalue weighted by Crippen LogP contribution is 2.43. The van der Waals surface area contributed by atoms with Crippen LogP contribution in [0.1, 0.15) is 56.6 Å². The molecular formula is C24H28FNO5S2. The average Bonchev–Trinajstić information content (AvgIpc) is 2.86. The maximum Gasteiger partial charge on any atom is 0.331 e. The molecule has 1 heterocycles. The van der Waals surface area contributed by atoms with Crippen LogP contribution in [0.3, 0.4) is 0 Å². The second-order valence-corrected chi connectivity index (χ2v) is 10.8. The monoisotopic (exact) mass is 493 g/mol. The van der Waals surface area contributed by atoms with Gasteiger partial charge in [0, 0.05) is 18.0 Å². The van der Waals surface area contributed by atoms with Crippen LogP contribution in [0.2, 0.25) is 0 Å². The van der Waals surface area contributed by atoms with Gasteiger partial charge in [-0.1, -0.05) is 38.8 Å². The third kappa shape index (κ3) is 6.37. The van der Waals surface area contributed by atoms with Gasteiger partial charge in [0.1, 0.15) is 11.6 Å². The summed E-state index contributed by atoms with van der Waals surface area (Å²) in [7, 11) is -3.86. The van der Waals surface area contributed by atoms with Gasteiger partial charge in [-0.15, -0.1) is 11.8 Å². The Bertz CT molecular complexity index is 1120. The van der Waals surface area contributed by atoms with Gasteiger partial charge < -0.3 is 9.84 Å². The van der Waals surface area contributed by atoms with Crippen LogP contribution >= 0.6 is 11.8 Å². The predicted octanol–water partition coefficient (Wildman–Crippen LogP) is 5.29. The Kier molecular flexibility index (Phi) is 8.56. The second-order valence-electron chi connectivity index (χ2n) is 7.83. The van der Waals surface area contributed by atoms with Crippen molar-refractivity contribution in [3.05, 3.63) is 65.7 Å². The van der Waals surface area contributed by atoms with Gasteiger partial charge in [0.15, 0.2) is 0 Å². The van der Waals surface area contributed by atoms with Gasteiger partial charge in [-0.05, 0) is 47.9 Å². The molecule has 0 fully saturated rings. The molecule has 1 aliphatic heterocycles. The Hall–Kier alpha value is -2.36. The van der Waals surface area contributed by atoms with Crippen molar-refractivity contribution in [2.75, 3.05) is 5.75 Å². The maximum atomic E-state index is 13.6. The topological polar surface area (TPSA) is 92.7 Å². The summed E-state index contributed by atoms with van der Waals surface area (Å²) in [6.45, 7) is 4.02. The summed E-state index contributed by atoms with van der Waals surface area (Å²) in [6, 6.07) is 9.17. The molecule has 0 saturated heterocycles. The van der Waals surface area contributed by atoms with E-state index in [2.05, 4.69) is 11.6 Å². The minimum absolute atomic E-state index is 0.0926. The number of thioether (sulfide) groups is 1. The lowest BCUT2D eigenvalue weighted by Gasteiger charge is -2.22. The summed E-state index contributed by atoms with van der Waals surface area (Å²) in [5, 5.41) is 8.85. The number of hydrogen-bond acceptors (Lipinski definition) is 5. The normalized spacial score (nSPS) is 19.7. The molecule has 178 valence electrons. The lowest BCUT2D eigenvalue weighted by Crippen LogP contribution is -2.33. The quantitative estimate of drug-likeness (QED) is 0.280. The minimum Gasteiger partial charge on any atom is -0.478 e. The van der Waals surface area contributed by atoms with E-state index in [0.717, 1.165) is 30.7 Å². The van der Waals surface area contributed by atoms with Crippen LogP contribution in [0.4, 0.5) is 4.39 Å². The van der Waals surface area contributed by atoms with Crippen molar-refractivity contribution in [1.82, 2.24) is 4.72 Å². The first-order chi connectivity index (χ1) is 15.7. The van der Waals surface area contributed by atoms with E-state index in [1.807, 2.05) is 13.0 Å². The molecule has 2 N–H and O–H groups in total. The van der Waals surface area contributed by atoms with Crippen LogP contribution < -0.4 is 9.46 Å². The van der Waals surface area contributed by atoms with Crippen molar-refractivity contribution in [1.29, 1.82) is 0 Å². The lowest BCUT2D eigenvalue weighted by molar-refractivity contribution is -0.131. The van der Waals surface area contributed by atoms with Crippen LogP contribution in [0.5, 0.6) is 5.75 Å². The van der Waals surface area contributed by atoms with Crippen LogP contribution in [0.15, 0.2) is 58.5 Å². The first-order valence-electron chi connectivity index (χ1n) is 10.9. The van der Waals surface area contributed by atoms with Gasteiger partial charge in [-0.3, -0.25) is 0 Å². The summed E-state index contributed by atoms with van der Waals surface area (Å²) >= 11 is 1.47. The molecule has 6 nitrogen and oxygen atoms in total. The van der Waals surface area contributed by atoms with Crippen LogP contribution in [0, 0.1) is 5.82 Å². The smallest absolute Gasteiger partial charge is 0.331 e. The molecule has 0 bridgehead atoms. The number of carbonyl (C=O) groups is 1. The van der Waals surface area contributed by atoms with Crippen molar-refractivity contribution in [2.45, 2.75) is 61.3 Å². The summed E-state index contributed by atoms with van der Waals surface area (Å²) in [6.07, 6.45) is 4.95. The number of carboxylic acid groups (broad SMARTS) is 1. The molecule has 33 heavy (non-hydrogen) atoms. The maximum absolute atomic E-state index is 13.6. The number of rotatable bonds is 9. The number of nitrogens with one attached hydrogen (secondary N) is 1. The number of benzene rings is 2. The van der Waals surface area contributed by atoms with E-state index in [9.17, 15) is 17.6 Å². The molecule has 2 unspecified atom stereocenters. The highest BCUT2D eigenvalue weighted by Gasteiger charge is 2.34. The molecule has 2 atom stereocenters. The van der Waals surface area contributed by atoms with Gasteiger partial charge >= 0.3 is 5.97 Å². The number of unbranched alkanes of at least 4 members (excludes halogenated alkanes) is 1. The zero-order valence-corrected chi connectivity index (χ0v) is 20.2. The number of fused-ring (bicyclic) bond motifs is 1. The summed E-state index contributed by atoms with van der Waals surface area (Å²) in [4.78, 5) is 11.6. The van der Waals surface area contributed by atoms with Gasteiger partial charge in [-0.2, -0.15) is 0 Å². The minimum atomic E-state index is -3.86. The van der Waals surface area contributed by atoms with Crippen molar-refractivity contribution < 1.29 is 27.4 Å². The molecular weight excluding hydrogens is 465 g/mol. The fourth-order valence-corrected chi connectivity index (χ4v) is 6.29. The standard InChI is InChI=1S/C24H28FNO5S2/c1-3-5-6-18-13-19(16-7-9-17(25)10-8-16)20-14-22(32-4-2)21(31-12-11-24(27)28)15-23(20)33(29,30)26-18/h7-12,14-15,18-19,26H,3-6,13H2,1-2H3,(H,27,28)/b12-11+. The molecule has 3 rings (SSSR count). The van der Waals surface area contributed by atoms with E-state index in [1.165, 1.54) is 30.0 Å². The Labute approximate surface area is 198 Å². The SMILES string of the molecule is CCCCC1CC(c2ccc(F)cc2)c2cc(SCC)c(O/C=C/C(=O)O)cc2S(=O)(=O)N1. The number of carboxylic acids is 1. The summed E-state index contributed by atoms with van der Waals surface area (Å²) < 4.78 is 48.7. The number of aliphatic carboxylic acids is 1. The van der Waals surface area contributed by atoms with E-state index in [1.54, 1.807) is 12.1 Å². The molecule has 1 aliphatic rings. The summed E-state index contributed by atoms with van der Waals surface area (Å²) in [5.74, 6) is -0.792. The van der Waals surface area contributed by atoms with Crippen LogP contribution in [-0.2, 0) is 14.8 Å². The predicted molar refractivity (Wildman–Crippen MR) is 127 cm³/mol. The Morgan fingerprint density at radius 3 is 2.64 bits per heavy atom. The van der Waals surface area contributed by atoms with Crippen molar-refractivity contribution in [3.8, 4) is 5.75 Å². The third-order valence-electron chi connectivity index (χ3n) is 5.47. The van der Waals surface area contributed by atoms with E-state index >= 15 is 0 Å². The first-order valence-corrected chi connectivity index (χ1v) is 13.4. The number of ether oxygens (including phenoxy) is 1. The van der Waals surface area contributed by atoms with Crippen molar-refractivity contribution >= 4 is 27.8 Å². The lowest BCUT2D eigenvalue weighted by atomic mass is 9.85. The van der Waals surface area contributed by atoms with E-state index in [0.29, 0.717) is 29.1 Å². The second kappa shape index (κ2) is 11.2. The molecule has 2 aromatic carbocycles. The van der Waals surface area contributed by atoms with Crippen LogP contribution in [-0.4, -0.2) is 31.3 Å². The largest absolute Gasteiger partial charge is 0.478 e. The van der Waals surface area contributed by atoms with E-state index in [4.69, 9.17) is 9.84 Å². The Morgan fingerprint density at radius 1 is 1.27 bits per heavy atom.